The number of nitrogens with zero attached hydrogens (tertiary/aromatic N) is 3. The zero-order chi connectivity index (χ0) is 22.1. The summed E-state index contributed by atoms with van der Waals surface area (Å²) in [4.78, 5) is 12.4. The summed E-state index contributed by atoms with van der Waals surface area (Å²) in [6, 6.07) is 11.1. The number of aromatic nitrogens is 3. The quantitative estimate of drug-likeness (QED) is 0.567. The molecule has 0 saturated heterocycles. The maximum atomic E-state index is 13.8. The van der Waals surface area contributed by atoms with E-state index in [0.29, 0.717) is 11.0 Å². The third-order valence-electron chi connectivity index (χ3n) is 4.68. The van der Waals surface area contributed by atoms with Gasteiger partial charge in [-0.2, -0.15) is 0 Å². The molecule has 3 aromatic rings. The van der Waals surface area contributed by atoms with Crippen LogP contribution in [0.5, 0.6) is 0 Å². The molecule has 0 saturated carbocycles. The molecule has 1 atom stereocenters. The number of nitrogens with one attached hydrogen (secondary N) is 1. The molecule has 0 aliphatic carbocycles. The zero-order valence-corrected chi connectivity index (χ0v) is 18.3. The highest BCUT2D eigenvalue weighted by atomic mass is 32.2. The number of benzene rings is 2. The van der Waals surface area contributed by atoms with E-state index in [0.717, 1.165) is 23.8 Å². The van der Waals surface area contributed by atoms with Gasteiger partial charge in [0.1, 0.15) is 11.6 Å². The lowest BCUT2D eigenvalue weighted by molar-refractivity contribution is -0.115. The highest BCUT2D eigenvalue weighted by Crippen LogP contribution is 2.29. The van der Waals surface area contributed by atoms with Crippen molar-refractivity contribution in [3.63, 3.8) is 0 Å². The van der Waals surface area contributed by atoms with Crippen LogP contribution in [-0.2, 0) is 17.3 Å². The fourth-order valence-corrected chi connectivity index (χ4v) is 3.64. The summed E-state index contributed by atoms with van der Waals surface area (Å²) in [6.45, 7) is 8.13. The lowest BCUT2D eigenvalue weighted by atomic mass is 9.87. The SMILES string of the molecule is CC(Sc1nnc(-c2ccc(C(C)(C)C)cc2)n1C)C(=O)Nc1cc(F)ccc1F. The molecule has 1 amide bonds. The Bertz CT molecular complexity index is 1060. The smallest absolute Gasteiger partial charge is 0.237 e. The number of thioether (sulfide) groups is 1. The van der Waals surface area contributed by atoms with E-state index in [1.165, 1.54) is 17.3 Å². The van der Waals surface area contributed by atoms with Crippen molar-refractivity contribution >= 4 is 23.4 Å². The molecule has 0 bridgehead atoms. The van der Waals surface area contributed by atoms with Gasteiger partial charge in [-0.15, -0.1) is 10.2 Å². The minimum absolute atomic E-state index is 0.0589. The predicted molar refractivity (Wildman–Crippen MR) is 115 cm³/mol. The van der Waals surface area contributed by atoms with E-state index in [2.05, 4.69) is 48.4 Å². The van der Waals surface area contributed by atoms with E-state index >= 15 is 0 Å². The van der Waals surface area contributed by atoms with E-state index < -0.39 is 22.8 Å². The van der Waals surface area contributed by atoms with Crippen LogP contribution in [0.4, 0.5) is 14.5 Å². The predicted octanol–water partition coefficient (Wildman–Crippen LogP) is 5.18. The third-order valence-corrected chi connectivity index (χ3v) is 5.82. The normalized spacial score (nSPS) is 12.6. The summed E-state index contributed by atoms with van der Waals surface area (Å²) in [5, 5.41) is 10.8. The molecule has 8 heteroatoms. The number of hydrogen-bond acceptors (Lipinski definition) is 4. The third kappa shape index (κ3) is 4.87. The Hall–Kier alpha value is -2.74. The Labute approximate surface area is 178 Å². The number of carbonyl (C=O) groups is 1. The van der Waals surface area contributed by atoms with Gasteiger partial charge in [0, 0.05) is 18.7 Å². The molecule has 1 N–H and O–H groups in total. The molecule has 0 aliphatic heterocycles. The van der Waals surface area contributed by atoms with Gasteiger partial charge in [0.05, 0.1) is 10.9 Å². The van der Waals surface area contributed by atoms with Gasteiger partial charge in [0.25, 0.3) is 0 Å². The molecule has 5 nitrogen and oxygen atoms in total. The number of hydrogen-bond donors (Lipinski definition) is 1. The van der Waals surface area contributed by atoms with Crippen molar-refractivity contribution < 1.29 is 13.6 Å². The first-order valence-electron chi connectivity index (χ1n) is 9.49. The van der Waals surface area contributed by atoms with Gasteiger partial charge in [-0.05, 0) is 30.0 Å². The van der Waals surface area contributed by atoms with Gasteiger partial charge < -0.3 is 9.88 Å². The van der Waals surface area contributed by atoms with Crippen molar-refractivity contribution in [3.8, 4) is 11.4 Å². The molecule has 1 unspecified atom stereocenters. The zero-order valence-electron chi connectivity index (χ0n) is 17.5. The molecule has 0 spiro atoms. The van der Waals surface area contributed by atoms with Crippen LogP contribution in [0.3, 0.4) is 0 Å². The van der Waals surface area contributed by atoms with Gasteiger partial charge in [0.2, 0.25) is 5.91 Å². The highest BCUT2D eigenvalue weighted by Gasteiger charge is 2.21. The maximum Gasteiger partial charge on any atom is 0.237 e. The van der Waals surface area contributed by atoms with E-state index in [1.54, 1.807) is 6.92 Å². The Morgan fingerprint density at radius 1 is 1.10 bits per heavy atom. The Morgan fingerprint density at radius 3 is 2.40 bits per heavy atom. The first-order chi connectivity index (χ1) is 14.1. The van der Waals surface area contributed by atoms with E-state index in [4.69, 9.17) is 0 Å². The molecule has 0 aliphatic rings. The van der Waals surface area contributed by atoms with Crippen LogP contribution in [0, 0.1) is 11.6 Å². The average Bonchev–Trinajstić information content (AvgIpc) is 3.04. The van der Waals surface area contributed by atoms with Crippen molar-refractivity contribution in [2.75, 3.05) is 5.32 Å². The highest BCUT2D eigenvalue weighted by molar-refractivity contribution is 8.00. The fourth-order valence-electron chi connectivity index (χ4n) is 2.83. The molecule has 1 aromatic heterocycles. The van der Waals surface area contributed by atoms with Crippen LogP contribution in [-0.4, -0.2) is 25.9 Å². The Balaban J connectivity index is 1.72. The standard InChI is InChI=1S/C22H24F2N4OS/c1-13(20(29)25-18-12-16(23)10-11-17(18)24)30-21-27-26-19(28(21)5)14-6-8-15(9-7-14)22(2,3)4/h6-13H,1-5H3,(H,25,29). The average molecular weight is 431 g/mol. The second-order valence-electron chi connectivity index (χ2n) is 8.07. The van der Waals surface area contributed by atoms with Gasteiger partial charge in [-0.25, -0.2) is 8.78 Å². The molecule has 2 aromatic carbocycles. The molecular weight excluding hydrogens is 406 g/mol. The van der Waals surface area contributed by atoms with Crippen molar-refractivity contribution in [1.29, 1.82) is 0 Å². The summed E-state index contributed by atoms with van der Waals surface area (Å²) in [7, 11) is 1.83. The summed E-state index contributed by atoms with van der Waals surface area (Å²) < 4.78 is 28.9. The second kappa shape index (κ2) is 8.55. The topological polar surface area (TPSA) is 59.8 Å². The number of amides is 1. The molecule has 0 radical (unpaired) electrons. The minimum Gasteiger partial charge on any atom is -0.323 e. The van der Waals surface area contributed by atoms with Crippen LogP contribution in [0.1, 0.15) is 33.3 Å². The second-order valence-corrected chi connectivity index (χ2v) is 9.37. The van der Waals surface area contributed by atoms with Crippen molar-refractivity contribution in [1.82, 2.24) is 14.8 Å². The minimum atomic E-state index is -0.693. The van der Waals surface area contributed by atoms with Gasteiger partial charge in [-0.1, -0.05) is 56.8 Å². The summed E-state index contributed by atoms with van der Waals surface area (Å²) in [5.41, 5.74) is 2.01. The molecule has 158 valence electrons. The van der Waals surface area contributed by atoms with E-state index in [-0.39, 0.29) is 11.1 Å². The Kier molecular flexibility index (Phi) is 6.26. The van der Waals surface area contributed by atoms with E-state index in [9.17, 15) is 13.6 Å². The van der Waals surface area contributed by atoms with Crippen molar-refractivity contribution in [2.24, 2.45) is 7.05 Å². The van der Waals surface area contributed by atoms with Crippen LogP contribution < -0.4 is 5.32 Å². The van der Waals surface area contributed by atoms with Gasteiger partial charge >= 0.3 is 0 Å². The van der Waals surface area contributed by atoms with Crippen molar-refractivity contribution in [2.45, 2.75) is 43.5 Å². The molecule has 3 rings (SSSR count). The van der Waals surface area contributed by atoms with Crippen LogP contribution >= 0.6 is 11.8 Å². The number of rotatable bonds is 5. The number of carbonyl (C=O) groups excluding carboxylic acids is 1. The number of anilines is 1. The van der Waals surface area contributed by atoms with Gasteiger partial charge in [-0.3, -0.25) is 4.79 Å². The Morgan fingerprint density at radius 2 is 1.77 bits per heavy atom. The summed E-state index contributed by atoms with van der Waals surface area (Å²) in [6.07, 6.45) is 0. The van der Waals surface area contributed by atoms with Crippen molar-refractivity contribution in [3.05, 3.63) is 59.7 Å². The van der Waals surface area contributed by atoms with E-state index in [1.807, 2.05) is 23.7 Å². The largest absolute Gasteiger partial charge is 0.323 e. The number of halogens is 2. The maximum absolute atomic E-state index is 13.8. The molecule has 30 heavy (non-hydrogen) atoms. The molecule has 0 fully saturated rings. The monoisotopic (exact) mass is 430 g/mol. The first-order valence-corrected chi connectivity index (χ1v) is 10.4. The summed E-state index contributed by atoms with van der Waals surface area (Å²) >= 11 is 1.19. The summed E-state index contributed by atoms with van der Waals surface area (Å²) in [5.74, 6) is -1.09. The first kappa shape index (κ1) is 22.0. The van der Waals surface area contributed by atoms with Crippen LogP contribution in [0.15, 0.2) is 47.6 Å². The lowest BCUT2D eigenvalue weighted by Crippen LogP contribution is -2.23. The van der Waals surface area contributed by atoms with Gasteiger partial charge in [0.15, 0.2) is 11.0 Å². The van der Waals surface area contributed by atoms with Crippen LogP contribution in [0.2, 0.25) is 0 Å². The molecule has 1 heterocycles. The lowest BCUT2D eigenvalue weighted by Gasteiger charge is -2.19. The fraction of sp³-hybridized carbons (Fsp3) is 0.318. The van der Waals surface area contributed by atoms with Crippen LogP contribution in [0.25, 0.3) is 11.4 Å². The molecular formula is C22H24F2N4OS.